The van der Waals surface area contributed by atoms with Gasteiger partial charge in [0.1, 0.15) is 17.4 Å². The van der Waals surface area contributed by atoms with E-state index in [1.54, 1.807) is 19.2 Å². The lowest BCUT2D eigenvalue weighted by Gasteiger charge is -2.15. The lowest BCUT2D eigenvalue weighted by molar-refractivity contribution is -0.125. The maximum Gasteiger partial charge on any atom is 0.254 e. The van der Waals surface area contributed by atoms with Gasteiger partial charge in [-0.15, -0.1) is 0 Å². The van der Waals surface area contributed by atoms with Crippen molar-refractivity contribution < 1.29 is 13.9 Å². The van der Waals surface area contributed by atoms with Gasteiger partial charge in [-0.2, -0.15) is 0 Å². The number of H-pyrrole nitrogens is 1. The highest BCUT2D eigenvalue weighted by Gasteiger charge is 2.25. The largest absolute Gasteiger partial charge is 0.496 e. The molecule has 0 aliphatic heterocycles. The van der Waals surface area contributed by atoms with Crippen LogP contribution in [0.2, 0.25) is 0 Å². The summed E-state index contributed by atoms with van der Waals surface area (Å²) in [5.41, 5.74) is 2.71. The molecule has 2 aromatic carbocycles. The predicted octanol–water partition coefficient (Wildman–Crippen LogP) is 3.40. The SMILES string of the molecule is COc1ccccc1CNC(=O)C1CCc2nc(-c3ccc(F)cc3)[nH]c(=O)c2CC1. The molecule has 0 saturated carbocycles. The van der Waals surface area contributed by atoms with Crippen LogP contribution < -0.4 is 15.6 Å². The average molecular weight is 421 g/mol. The van der Waals surface area contributed by atoms with Crippen LogP contribution in [0.25, 0.3) is 11.4 Å². The fourth-order valence-corrected chi connectivity index (χ4v) is 3.97. The Labute approximate surface area is 179 Å². The molecule has 0 radical (unpaired) electrons. The highest BCUT2D eigenvalue weighted by Crippen LogP contribution is 2.24. The zero-order valence-electron chi connectivity index (χ0n) is 17.3. The minimum Gasteiger partial charge on any atom is -0.496 e. The van der Waals surface area contributed by atoms with E-state index in [0.717, 1.165) is 11.3 Å². The monoisotopic (exact) mass is 421 g/mol. The van der Waals surface area contributed by atoms with Crippen molar-refractivity contribution in [1.29, 1.82) is 0 Å². The summed E-state index contributed by atoms with van der Waals surface area (Å²) in [6, 6.07) is 13.4. The van der Waals surface area contributed by atoms with Crippen molar-refractivity contribution in [3.63, 3.8) is 0 Å². The van der Waals surface area contributed by atoms with E-state index in [2.05, 4.69) is 15.3 Å². The second kappa shape index (κ2) is 9.12. The lowest BCUT2D eigenvalue weighted by Crippen LogP contribution is -2.30. The summed E-state index contributed by atoms with van der Waals surface area (Å²) in [5.74, 6) is 0.581. The highest BCUT2D eigenvalue weighted by molar-refractivity contribution is 5.78. The van der Waals surface area contributed by atoms with Crippen LogP contribution in [0, 0.1) is 11.7 Å². The summed E-state index contributed by atoms with van der Waals surface area (Å²) in [4.78, 5) is 32.9. The maximum atomic E-state index is 13.2. The van der Waals surface area contributed by atoms with Crippen LogP contribution in [0.1, 0.15) is 29.7 Å². The molecule has 1 amide bonds. The predicted molar refractivity (Wildman–Crippen MR) is 115 cm³/mol. The summed E-state index contributed by atoms with van der Waals surface area (Å²) < 4.78 is 18.5. The summed E-state index contributed by atoms with van der Waals surface area (Å²) in [6.07, 6.45) is 2.24. The van der Waals surface area contributed by atoms with Gasteiger partial charge in [0.25, 0.3) is 5.56 Å². The smallest absolute Gasteiger partial charge is 0.254 e. The summed E-state index contributed by atoms with van der Waals surface area (Å²) in [7, 11) is 1.61. The number of hydrogen-bond acceptors (Lipinski definition) is 4. The molecule has 7 heteroatoms. The Morgan fingerprint density at radius 2 is 1.90 bits per heavy atom. The number of halogens is 1. The van der Waals surface area contributed by atoms with Gasteiger partial charge in [0.15, 0.2) is 0 Å². The van der Waals surface area contributed by atoms with Gasteiger partial charge < -0.3 is 15.0 Å². The Balaban J connectivity index is 1.46. The number of nitrogens with one attached hydrogen (secondary N) is 2. The normalized spacial score (nSPS) is 15.6. The van der Waals surface area contributed by atoms with Crippen molar-refractivity contribution in [3.8, 4) is 17.1 Å². The van der Waals surface area contributed by atoms with Crippen LogP contribution >= 0.6 is 0 Å². The molecule has 160 valence electrons. The number of methoxy groups -OCH3 is 1. The topological polar surface area (TPSA) is 84.1 Å². The van der Waals surface area contributed by atoms with Gasteiger partial charge in [0, 0.05) is 29.2 Å². The van der Waals surface area contributed by atoms with Crippen molar-refractivity contribution in [2.24, 2.45) is 5.92 Å². The van der Waals surface area contributed by atoms with Gasteiger partial charge in [-0.3, -0.25) is 9.59 Å². The van der Waals surface area contributed by atoms with E-state index in [0.29, 0.717) is 54.9 Å². The third kappa shape index (κ3) is 4.66. The second-order valence-electron chi connectivity index (χ2n) is 7.65. The van der Waals surface area contributed by atoms with Crippen molar-refractivity contribution in [2.45, 2.75) is 32.2 Å². The molecule has 0 bridgehead atoms. The zero-order chi connectivity index (χ0) is 21.8. The van der Waals surface area contributed by atoms with E-state index >= 15 is 0 Å². The number of fused-ring (bicyclic) bond motifs is 1. The summed E-state index contributed by atoms with van der Waals surface area (Å²) in [6.45, 7) is 0.389. The van der Waals surface area contributed by atoms with Crippen LogP contribution in [-0.4, -0.2) is 23.0 Å². The standard InChI is InChI=1S/C24H24FN3O3/c1-31-21-5-3-2-4-17(21)14-26-23(29)16-8-12-19-20(13-9-16)27-22(28-24(19)30)15-6-10-18(25)11-7-15/h2-7,10-11,16H,8-9,12-14H2,1H3,(H,26,29)(H,27,28,30). The van der Waals surface area contributed by atoms with Crippen LogP contribution in [0.3, 0.4) is 0 Å². The zero-order valence-corrected chi connectivity index (χ0v) is 17.3. The first-order valence-electron chi connectivity index (χ1n) is 10.3. The minimum atomic E-state index is -0.345. The van der Waals surface area contributed by atoms with Gasteiger partial charge in [-0.25, -0.2) is 9.37 Å². The Hall–Kier alpha value is -3.48. The Morgan fingerprint density at radius 3 is 2.68 bits per heavy atom. The molecule has 1 aliphatic rings. The fourth-order valence-electron chi connectivity index (χ4n) is 3.97. The Kier molecular flexibility index (Phi) is 6.11. The molecule has 1 aromatic heterocycles. The van der Waals surface area contributed by atoms with E-state index in [4.69, 9.17) is 4.74 Å². The molecule has 1 aliphatic carbocycles. The molecule has 1 heterocycles. The number of aromatic nitrogens is 2. The molecule has 3 aromatic rings. The molecular weight excluding hydrogens is 397 g/mol. The number of para-hydroxylation sites is 1. The molecular formula is C24H24FN3O3. The number of benzene rings is 2. The van der Waals surface area contributed by atoms with Crippen molar-refractivity contribution in [2.75, 3.05) is 7.11 Å². The van der Waals surface area contributed by atoms with E-state index in [1.165, 1.54) is 12.1 Å². The number of aryl methyl sites for hydroxylation is 1. The average Bonchev–Trinajstić information content (AvgIpc) is 3.01. The van der Waals surface area contributed by atoms with E-state index in [9.17, 15) is 14.0 Å². The molecule has 1 unspecified atom stereocenters. The third-order valence-corrected chi connectivity index (χ3v) is 5.71. The number of carbonyl (C=O) groups is 1. The first kappa shape index (κ1) is 20.8. The molecule has 1 atom stereocenters. The number of aromatic amines is 1. The molecule has 31 heavy (non-hydrogen) atoms. The van der Waals surface area contributed by atoms with Gasteiger partial charge >= 0.3 is 0 Å². The van der Waals surface area contributed by atoms with Crippen LogP contribution in [-0.2, 0) is 24.2 Å². The maximum absolute atomic E-state index is 13.2. The second-order valence-corrected chi connectivity index (χ2v) is 7.65. The molecule has 6 nitrogen and oxygen atoms in total. The Bertz CT molecular complexity index is 1140. The quantitative estimate of drug-likeness (QED) is 0.619. The van der Waals surface area contributed by atoms with Crippen molar-refractivity contribution >= 4 is 5.91 Å². The van der Waals surface area contributed by atoms with Crippen molar-refractivity contribution in [1.82, 2.24) is 15.3 Å². The van der Waals surface area contributed by atoms with Crippen LogP contribution in [0.5, 0.6) is 5.75 Å². The minimum absolute atomic E-state index is 0.0334. The first-order chi connectivity index (χ1) is 15.0. The van der Waals surface area contributed by atoms with E-state index in [-0.39, 0.29) is 23.2 Å². The van der Waals surface area contributed by atoms with E-state index < -0.39 is 0 Å². The van der Waals surface area contributed by atoms with E-state index in [1.807, 2.05) is 24.3 Å². The van der Waals surface area contributed by atoms with Crippen LogP contribution in [0.15, 0.2) is 53.3 Å². The molecule has 0 fully saturated rings. The lowest BCUT2D eigenvalue weighted by atomic mass is 9.98. The fraction of sp³-hybridized carbons (Fsp3) is 0.292. The van der Waals surface area contributed by atoms with Crippen LogP contribution in [0.4, 0.5) is 4.39 Å². The van der Waals surface area contributed by atoms with Crippen molar-refractivity contribution in [3.05, 3.63) is 81.5 Å². The van der Waals surface area contributed by atoms with Gasteiger partial charge in [-0.1, -0.05) is 18.2 Å². The number of hydrogen-bond donors (Lipinski definition) is 2. The highest BCUT2D eigenvalue weighted by atomic mass is 19.1. The van der Waals surface area contributed by atoms with Gasteiger partial charge in [0.05, 0.1) is 12.8 Å². The molecule has 4 rings (SSSR count). The number of nitrogens with zero attached hydrogens (tertiary/aromatic N) is 1. The molecule has 0 spiro atoms. The summed E-state index contributed by atoms with van der Waals surface area (Å²) in [5, 5.41) is 2.99. The number of carbonyl (C=O) groups excluding carboxylic acids is 1. The number of ether oxygens (including phenoxy) is 1. The molecule has 0 saturated heterocycles. The first-order valence-corrected chi connectivity index (χ1v) is 10.3. The van der Waals surface area contributed by atoms with Gasteiger partial charge in [-0.05, 0) is 56.0 Å². The van der Waals surface area contributed by atoms with Gasteiger partial charge in [0.2, 0.25) is 5.91 Å². The molecule has 2 N–H and O–H groups in total. The third-order valence-electron chi connectivity index (χ3n) is 5.71. The number of rotatable bonds is 5. The summed E-state index contributed by atoms with van der Waals surface area (Å²) >= 11 is 0. The Morgan fingerprint density at radius 1 is 1.16 bits per heavy atom. The number of amides is 1.